The van der Waals surface area contributed by atoms with Crippen molar-refractivity contribution in [3.63, 3.8) is 0 Å². The number of nitrogens with zero attached hydrogens (tertiary/aromatic N) is 4. The highest BCUT2D eigenvalue weighted by Gasteiger charge is 2.51. The summed E-state index contributed by atoms with van der Waals surface area (Å²) in [4.78, 5) is 45.6. The molecular weight excluding hydrogens is 422 g/mol. The summed E-state index contributed by atoms with van der Waals surface area (Å²) >= 11 is 0. The molecule has 1 spiro atoms. The van der Waals surface area contributed by atoms with Crippen LogP contribution in [0.15, 0.2) is 24.5 Å². The Hall–Kier alpha value is -3.36. The summed E-state index contributed by atoms with van der Waals surface area (Å²) in [5.74, 6) is 0.130. The van der Waals surface area contributed by atoms with E-state index in [-0.39, 0.29) is 17.2 Å². The van der Waals surface area contributed by atoms with Crippen LogP contribution in [0.25, 0.3) is 0 Å². The Morgan fingerprint density at radius 2 is 1.91 bits per heavy atom. The second kappa shape index (κ2) is 7.90. The maximum atomic E-state index is 13.1. The first-order valence-corrected chi connectivity index (χ1v) is 11.1. The zero-order valence-corrected chi connectivity index (χ0v) is 20.1. The van der Waals surface area contributed by atoms with Crippen LogP contribution in [0.4, 0.5) is 10.7 Å². The van der Waals surface area contributed by atoms with E-state index >= 15 is 0 Å². The van der Waals surface area contributed by atoms with Crippen LogP contribution in [-0.4, -0.2) is 65.6 Å². The lowest BCUT2D eigenvalue weighted by atomic mass is 9.82. The number of anilines is 1. The van der Waals surface area contributed by atoms with Crippen molar-refractivity contribution in [3.05, 3.63) is 46.8 Å². The van der Waals surface area contributed by atoms with Gasteiger partial charge in [0, 0.05) is 56.6 Å². The molecule has 33 heavy (non-hydrogen) atoms. The molecule has 1 aliphatic heterocycles. The third-order valence-corrected chi connectivity index (χ3v) is 6.06. The van der Waals surface area contributed by atoms with Crippen LogP contribution in [0.3, 0.4) is 0 Å². The van der Waals surface area contributed by atoms with Gasteiger partial charge in [0.05, 0.1) is 6.54 Å². The maximum Gasteiger partial charge on any atom is 0.416 e. The Morgan fingerprint density at radius 1 is 1.21 bits per heavy atom. The first-order chi connectivity index (χ1) is 15.4. The van der Waals surface area contributed by atoms with Gasteiger partial charge in [0.2, 0.25) is 5.95 Å². The summed E-state index contributed by atoms with van der Waals surface area (Å²) in [7, 11) is 5.03. The van der Waals surface area contributed by atoms with E-state index in [1.807, 2.05) is 12.1 Å². The summed E-state index contributed by atoms with van der Waals surface area (Å²) in [6.45, 7) is 6.32. The fourth-order valence-corrected chi connectivity index (χ4v) is 4.30. The molecule has 1 aromatic heterocycles. The van der Waals surface area contributed by atoms with Crippen molar-refractivity contribution in [2.24, 2.45) is 0 Å². The van der Waals surface area contributed by atoms with Gasteiger partial charge >= 0.3 is 6.09 Å². The van der Waals surface area contributed by atoms with Crippen molar-refractivity contribution in [1.82, 2.24) is 19.8 Å². The minimum absolute atomic E-state index is 0.120. The molecule has 1 N–H and O–H groups in total. The predicted molar refractivity (Wildman–Crippen MR) is 124 cm³/mol. The minimum Gasteiger partial charge on any atom is -0.443 e. The zero-order valence-electron chi connectivity index (χ0n) is 20.1. The average molecular weight is 454 g/mol. The van der Waals surface area contributed by atoms with E-state index in [0.717, 1.165) is 24.0 Å². The van der Waals surface area contributed by atoms with Crippen LogP contribution in [0, 0.1) is 0 Å². The number of aromatic nitrogens is 2. The van der Waals surface area contributed by atoms with Gasteiger partial charge in [-0.3, -0.25) is 14.5 Å². The van der Waals surface area contributed by atoms with Crippen LogP contribution in [0.5, 0.6) is 0 Å². The number of amides is 3. The van der Waals surface area contributed by atoms with Gasteiger partial charge in [-0.25, -0.2) is 9.78 Å². The third-order valence-electron chi connectivity index (χ3n) is 6.06. The smallest absolute Gasteiger partial charge is 0.416 e. The quantitative estimate of drug-likeness (QED) is 0.768. The van der Waals surface area contributed by atoms with Crippen LogP contribution in [0.1, 0.15) is 65.5 Å². The second-order valence-corrected chi connectivity index (χ2v) is 10.1. The minimum atomic E-state index is -0.630. The number of hydrogen-bond donors (Lipinski definition) is 1. The molecule has 4 rings (SSSR count). The Morgan fingerprint density at radius 3 is 2.52 bits per heavy atom. The van der Waals surface area contributed by atoms with Crippen molar-refractivity contribution in [2.45, 2.75) is 51.2 Å². The lowest BCUT2D eigenvalue weighted by Crippen LogP contribution is -2.41. The van der Waals surface area contributed by atoms with E-state index in [0.29, 0.717) is 30.2 Å². The summed E-state index contributed by atoms with van der Waals surface area (Å²) in [5, 5.41) is 2.99. The molecule has 9 nitrogen and oxygen atoms in total. The van der Waals surface area contributed by atoms with Crippen molar-refractivity contribution >= 4 is 23.9 Å². The molecule has 0 unspecified atom stereocenters. The molecule has 1 aliphatic carbocycles. The Bertz CT molecular complexity index is 1120. The summed E-state index contributed by atoms with van der Waals surface area (Å²) < 4.78 is 7.25. The average Bonchev–Trinajstić information content (AvgIpc) is 3.36. The molecule has 1 aromatic carbocycles. The van der Waals surface area contributed by atoms with Crippen LogP contribution in [0.2, 0.25) is 0 Å². The predicted octanol–water partition coefficient (Wildman–Crippen LogP) is 2.78. The molecule has 0 bridgehead atoms. The fraction of sp³-hybridized carbons (Fsp3) is 0.500. The first-order valence-electron chi connectivity index (χ1n) is 11.1. The van der Waals surface area contributed by atoms with Gasteiger partial charge in [-0.05, 0) is 56.9 Å². The van der Waals surface area contributed by atoms with E-state index in [2.05, 4.69) is 10.3 Å². The molecule has 2 aliphatic rings. The molecule has 2 heterocycles. The normalized spacial score (nSPS) is 16.1. The van der Waals surface area contributed by atoms with Gasteiger partial charge in [0.25, 0.3) is 11.8 Å². The van der Waals surface area contributed by atoms with E-state index in [1.165, 1.54) is 4.90 Å². The summed E-state index contributed by atoms with van der Waals surface area (Å²) in [6, 6.07) is 3.73. The maximum absolute atomic E-state index is 13.1. The SMILES string of the molecule is CN(C)C(=O)c1cc(Cn2ccnc2N(C)C(=O)OC(C)(C)C)cc2c1C1(CC1)CNC2=O. The molecule has 9 heteroatoms. The highest BCUT2D eigenvalue weighted by molar-refractivity contribution is 6.04. The molecule has 1 saturated carbocycles. The third kappa shape index (κ3) is 4.31. The highest BCUT2D eigenvalue weighted by Crippen LogP contribution is 2.52. The van der Waals surface area contributed by atoms with Crippen molar-refractivity contribution in [1.29, 1.82) is 0 Å². The van der Waals surface area contributed by atoms with Gasteiger partial charge in [0.1, 0.15) is 5.60 Å². The first kappa shape index (κ1) is 22.8. The second-order valence-electron chi connectivity index (χ2n) is 10.1. The summed E-state index contributed by atoms with van der Waals surface area (Å²) in [5.41, 5.74) is 2.01. The van der Waals surface area contributed by atoms with E-state index in [9.17, 15) is 14.4 Å². The molecular formula is C24H31N5O4. The van der Waals surface area contributed by atoms with E-state index < -0.39 is 11.7 Å². The lowest BCUT2D eigenvalue weighted by molar-refractivity contribution is 0.0585. The van der Waals surface area contributed by atoms with E-state index in [4.69, 9.17) is 4.74 Å². The molecule has 0 radical (unpaired) electrons. The van der Waals surface area contributed by atoms with Crippen molar-refractivity contribution in [3.8, 4) is 0 Å². The number of nitrogens with one attached hydrogen (secondary N) is 1. The molecule has 176 valence electrons. The Labute approximate surface area is 193 Å². The largest absolute Gasteiger partial charge is 0.443 e. The van der Waals surface area contributed by atoms with E-state index in [1.54, 1.807) is 63.8 Å². The number of benzene rings is 1. The number of rotatable bonds is 4. The zero-order chi connectivity index (χ0) is 24.1. The highest BCUT2D eigenvalue weighted by atomic mass is 16.6. The van der Waals surface area contributed by atoms with Crippen molar-refractivity contribution in [2.75, 3.05) is 32.6 Å². The number of hydrogen-bond acceptors (Lipinski definition) is 5. The lowest BCUT2D eigenvalue weighted by Gasteiger charge is -2.29. The number of ether oxygens (including phenoxy) is 1. The van der Waals surface area contributed by atoms with Gasteiger partial charge < -0.3 is 19.5 Å². The molecule has 1 fully saturated rings. The number of fused-ring (bicyclic) bond motifs is 2. The number of carbonyl (C=O) groups is 3. The molecule has 2 aromatic rings. The molecule has 0 atom stereocenters. The number of imidazole rings is 1. The summed E-state index contributed by atoms with van der Waals surface area (Å²) in [6.07, 6.45) is 4.76. The fourth-order valence-electron chi connectivity index (χ4n) is 4.30. The van der Waals surface area contributed by atoms with Gasteiger partial charge in [-0.15, -0.1) is 0 Å². The van der Waals surface area contributed by atoms with Gasteiger partial charge in [0.15, 0.2) is 0 Å². The van der Waals surface area contributed by atoms with Crippen molar-refractivity contribution < 1.29 is 19.1 Å². The Kier molecular flexibility index (Phi) is 5.46. The standard InChI is InChI=1S/C24H31N5O4/c1-23(2,3)33-22(32)28(6)21-25-9-10-29(21)13-15-11-16-18(17(12-15)20(31)27(4)5)24(7-8-24)14-26-19(16)30/h9-12H,7-8,13-14H2,1-6H3,(H,26,30). The number of carbonyl (C=O) groups excluding carboxylic acids is 3. The van der Waals surface area contributed by atoms with Gasteiger partial charge in [-0.1, -0.05) is 0 Å². The Balaban J connectivity index is 1.71. The monoisotopic (exact) mass is 453 g/mol. The van der Waals surface area contributed by atoms with Gasteiger partial charge in [-0.2, -0.15) is 0 Å². The van der Waals surface area contributed by atoms with Crippen LogP contribution < -0.4 is 10.2 Å². The van der Waals surface area contributed by atoms with Crippen LogP contribution in [-0.2, 0) is 16.7 Å². The molecule has 0 saturated heterocycles. The van der Waals surface area contributed by atoms with Crippen LogP contribution >= 0.6 is 0 Å². The topological polar surface area (TPSA) is 96.8 Å². The molecule has 3 amide bonds.